The number of carbonyl (C=O) groups is 3. The maximum Gasteiger partial charge on any atom is 0.270 e. The molecule has 1 aliphatic rings. The molecule has 4 N–H and O–H groups in total. The van der Waals surface area contributed by atoms with Gasteiger partial charge in [-0.2, -0.15) is 0 Å². The zero-order valence-electron chi connectivity index (χ0n) is 20.9. The highest BCUT2D eigenvalue weighted by molar-refractivity contribution is 5.99. The minimum absolute atomic E-state index is 0.0839. The van der Waals surface area contributed by atoms with E-state index < -0.39 is 0 Å². The van der Waals surface area contributed by atoms with Crippen LogP contribution in [0.4, 0.5) is 0 Å². The van der Waals surface area contributed by atoms with E-state index in [-0.39, 0.29) is 30.0 Å². The van der Waals surface area contributed by atoms with Gasteiger partial charge < -0.3 is 25.6 Å². The van der Waals surface area contributed by atoms with E-state index >= 15 is 0 Å². The van der Waals surface area contributed by atoms with Crippen LogP contribution in [0.15, 0.2) is 66.9 Å². The molecule has 9 heteroatoms. The molecule has 0 aliphatic carbocycles. The van der Waals surface area contributed by atoms with Gasteiger partial charge in [-0.1, -0.05) is 18.2 Å². The average Bonchev–Trinajstić information content (AvgIpc) is 3.37. The molecule has 0 atom stereocenters. The normalized spacial score (nSPS) is 15.3. The molecule has 0 spiro atoms. The zero-order chi connectivity index (χ0) is 26.5. The molecule has 1 aliphatic heterocycles. The van der Waals surface area contributed by atoms with Gasteiger partial charge in [0, 0.05) is 37.0 Å². The largest absolute Gasteiger partial charge is 0.507 e. The number of H-pyrrole nitrogens is 1. The molecule has 0 saturated carbocycles. The van der Waals surface area contributed by atoms with Crippen molar-refractivity contribution in [3.8, 4) is 16.9 Å². The first-order chi connectivity index (χ1) is 18.5. The Kier molecular flexibility index (Phi) is 7.35. The molecule has 3 amide bonds. The molecule has 0 unspecified atom stereocenters. The minimum atomic E-state index is -0.281. The number of fused-ring (bicyclic) bond motifs is 6. The fourth-order valence-electron chi connectivity index (χ4n) is 4.60. The van der Waals surface area contributed by atoms with Crippen molar-refractivity contribution in [1.29, 1.82) is 0 Å². The Morgan fingerprint density at radius 2 is 1.79 bits per heavy atom. The maximum absolute atomic E-state index is 13.3. The second-order valence-electron chi connectivity index (χ2n) is 9.34. The van der Waals surface area contributed by atoms with E-state index in [1.54, 1.807) is 48.7 Å². The number of nitrogens with one attached hydrogen (secondary N) is 3. The number of phenols is 1. The Bertz CT molecular complexity index is 1460. The van der Waals surface area contributed by atoms with Crippen LogP contribution in [-0.4, -0.2) is 63.9 Å². The second-order valence-corrected chi connectivity index (χ2v) is 9.34. The summed E-state index contributed by atoms with van der Waals surface area (Å²) in [5.41, 5.74) is 4.59. The van der Waals surface area contributed by atoms with Gasteiger partial charge in [0.05, 0.1) is 17.6 Å². The summed E-state index contributed by atoms with van der Waals surface area (Å²) in [7, 11) is 0. The van der Waals surface area contributed by atoms with Gasteiger partial charge in [0.2, 0.25) is 5.91 Å². The van der Waals surface area contributed by atoms with Gasteiger partial charge in [0.15, 0.2) is 0 Å². The molecule has 2 aromatic heterocycles. The van der Waals surface area contributed by atoms with E-state index in [1.807, 2.05) is 18.2 Å². The van der Waals surface area contributed by atoms with Gasteiger partial charge in [-0.25, -0.2) is 0 Å². The Labute approximate surface area is 219 Å². The van der Waals surface area contributed by atoms with Gasteiger partial charge >= 0.3 is 0 Å². The number of hydrogen-bond acceptors (Lipinski definition) is 5. The topological polar surface area (TPSA) is 127 Å². The van der Waals surface area contributed by atoms with E-state index in [0.29, 0.717) is 61.2 Å². The lowest BCUT2D eigenvalue weighted by Crippen LogP contribution is -2.42. The molecule has 3 heterocycles. The quantitative estimate of drug-likeness (QED) is 0.312. The Morgan fingerprint density at radius 3 is 2.66 bits per heavy atom. The van der Waals surface area contributed by atoms with Gasteiger partial charge in [-0.05, 0) is 72.9 Å². The summed E-state index contributed by atoms with van der Waals surface area (Å²) in [6.07, 6.45) is 3.45. The van der Waals surface area contributed by atoms with Crippen LogP contribution >= 0.6 is 0 Å². The SMILES string of the molecule is O=C1CN(C(=O)c2cc3ncccc3[nH]2)CCCCNC(=O)c2cccc(c2)-c2cc(ccc2O)CCN1. The summed E-state index contributed by atoms with van der Waals surface area (Å²) in [6, 6.07) is 17.8. The molecular formula is C29H29N5O4. The highest BCUT2D eigenvalue weighted by Crippen LogP contribution is 2.31. The van der Waals surface area contributed by atoms with Crippen LogP contribution < -0.4 is 10.6 Å². The molecular weight excluding hydrogens is 482 g/mol. The van der Waals surface area contributed by atoms with Gasteiger partial charge in [-0.3, -0.25) is 19.4 Å². The number of aromatic hydroxyl groups is 1. The summed E-state index contributed by atoms with van der Waals surface area (Å²) in [5, 5.41) is 16.3. The molecule has 194 valence electrons. The minimum Gasteiger partial charge on any atom is -0.507 e. The van der Waals surface area contributed by atoms with E-state index in [2.05, 4.69) is 20.6 Å². The van der Waals surface area contributed by atoms with Crippen LogP contribution in [0.5, 0.6) is 5.75 Å². The predicted molar refractivity (Wildman–Crippen MR) is 144 cm³/mol. The van der Waals surface area contributed by atoms with Crippen LogP contribution in [0, 0.1) is 0 Å². The van der Waals surface area contributed by atoms with Crippen LogP contribution in [0.3, 0.4) is 0 Å². The van der Waals surface area contributed by atoms with Crippen LogP contribution in [0.25, 0.3) is 22.2 Å². The van der Waals surface area contributed by atoms with Crippen molar-refractivity contribution in [2.24, 2.45) is 0 Å². The standard InChI is InChI=1S/C29H29N5O4/c35-26-9-8-19-10-13-31-27(36)18-34(29(38)25-17-24-23(33-25)7-4-12-30-24)14-2-1-11-32-28(37)21-6-3-5-20(16-21)22(26)15-19/h3-9,12,15-17,33,35H,1-2,10-11,13-14,18H2,(H,31,36)(H,32,37). The zero-order valence-corrected chi connectivity index (χ0v) is 20.9. The van der Waals surface area contributed by atoms with Crippen molar-refractivity contribution in [2.45, 2.75) is 19.3 Å². The number of phenolic OH excluding ortho intramolecular Hbond substituents is 1. The maximum atomic E-state index is 13.3. The molecule has 9 nitrogen and oxygen atoms in total. The number of rotatable bonds is 1. The highest BCUT2D eigenvalue weighted by atomic mass is 16.3. The van der Waals surface area contributed by atoms with E-state index in [9.17, 15) is 19.5 Å². The van der Waals surface area contributed by atoms with Gasteiger partial charge in [-0.15, -0.1) is 0 Å². The van der Waals surface area contributed by atoms with E-state index in [4.69, 9.17) is 0 Å². The van der Waals surface area contributed by atoms with Crippen LogP contribution in [0.1, 0.15) is 39.3 Å². The molecule has 38 heavy (non-hydrogen) atoms. The molecule has 0 fully saturated rings. The summed E-state index contributed by atoms with van der Waals surface area (Å²) >= 11 is 0. The highest BCUT2D eigenvalue weighted by Gasteiger charge is 2.21. The number of aromatic amines is 1. The van der Waals surface area contributed by atoms with Crippen molar-refractivity contribution in [1.82, 2.24) is 25.5 Å². The third-order valence-corrected chi connectivity index (χ3v) is 6.61. The van der Waals surface area contributed by atoms with Crippen molar-refractivity contribution in [2.75, 3.05) is 26.2 Å². The number of benzene rings is 2. The summed E-state index contributed by atoms with van der Waals surface area (Å²) in [6.45, 7) is 1.08. The third-order valence-electron chi connectivity index (χ3n) is 6.61. The Morgan fingerprint density at radius 1 is 0.921 bits per heavy atom. The third kappa shape index (κ3) is 5.67. The Balaban J connectivity index is 1.36. The smallest absolute Gasteiger partial charge is 0.270 e. The number of hydrogen-bond donors (Lipinski definition) is 4. The molecule has 0 radical (unpaired) electrons. The van der Waals surface area contributed by atoms with Crippen molar-refractivity contribution >= 4 is 28.8 Å². The van der Waals surface area contributed by atoms with Crippen molar-refractivity contribution in [3.05, 3.63) is 83.7 Å². The summed E-state index contributed by atoms with van der Waals surface area (Å²) in [5.74, 6) is -0.627. The fraction of sp³-hybridized carbons (Fsp3) is 0.241. The number of aromatic nitrogens is 2. The lowest BCUT2D eigenvalue weighted by molar-refractivity contribution is -0.121. The molecule has 4 bridgehead atoms. The molecule has 0 saturated heterocycles. The summed E-state index contributed by atoms with van der Waals surface area (Å²) in [4.78, 5) is 47.8. The first-order valence-corrected chi connectivity index (χ1v) is 12.7. The van der Waals surface area contributed by atoms with Crippen LogP contribution in [0.2, 0.25) is 0 Å². The molecule has 5 rings (SSSR count). The van der Waals surface area contributed by atoms with E-state index in [1.165, 1.54) is 4.90 Å². The number of amides is 3. The van der Waals surface area contributed by atoms with Crippen molar-refractivity contribution < 1.29 is 19.5 Å². The van der Waals surface area contributed by atoms with E-state index in [0.717, 1.165) is 16.6 Å². The second kappa shape index (κ2) is 11.2. The Hall–Kier alpha value is -4.66. The number of carbonyl (C=O) groups excluding carboxylic acids is 3. The lowest BCUT2D eigenvalue weighted by atomic mass is 9.98. The first kappa shape index (κ1) is 25.0. The molecule has 2 aromatic carbocycles. The van der Waals surface area contributed by atoms with Crippen LogP contribution in [-0.2, 0) is 11.2 Å². The molecule has 4 aromatic rings. The fourth-order valence-corrected chi connectivity index (χ4v) is 4.60. The average molecular weight is 512 g/mol. The first-order valence-electron chi connectivity index (χ1n) is 12.7. The number of nitrogens with zero attached hydrogens (tertiary/aromatic N) is 2. The summed E-state index contributed by atoms with van der Waals surface area (Å²) < 4.78 is 0. The van der Waals surface area contributed by atoms with Crippen molar-refractivity contribution in [3.63, 3.8) is 0 Å². The predicted octanol–water partition coefficient (Wildman–Crippen LogP) is 3.26. The lowest BCUT2D eigenvalue weighted by Gasteiger charge is -2.22. The monoisotopic (exact) mass is 511 g/mol. The number of pyridine rings is 1. The van der Waals surface area contributed by atoms with Gasteiger partial charge in [0.1, 0.15) is 11.4 Å². The van der Waals surface area contributed by atoms with Gasteiger partial charge in [0.25, 0.3) is 11.8 Å².